The van der Waals surface area contributed by atoms with Crippen molar-refractivity contribution in [1.29, 1.82) is 0 Å². The summed E-state index contributed by atoms with van der Waals surface area (Å²) in [7, 11) is 0. The number of rotatable bonds is 1. The van der Waals surface area contributed by atoms with Crippen LogP contribution in [0.3, 0.4) is 0 Å². The summed E-state index contributed by atoms with van der Waals surface area (Å²) in [5.74, 6) is 0. The molecule has 4 rings (SSSR count). The number of halogens is 1. The van der Waals surface area contributed by atoms with Gasteiger partial charge in [0.25, 0.3) is 0 Å². The summed E-state index contributed by atoms with van der Waals surface area (Å²) in [5.41, 5.74) is 5.38. The number of benzene rings is 1. The Morgan fingerprint density at radius 3 is 2.62 bits per heavy atom. The number of nitrogens with zero attached hydrogens (tertiary/aromatic N) is 2. The molecule has 2 aromatic rings. The van der Waals surface area contributed by atoms with E-state index in [9.17, 15) is 0 Å². The van der Waals surface area contributed by atoms with Crippen molar-refractivity contribution in [3.8, 4) is 0 Å². The van der Waals surface area contributed by atoms with Gasteiger partial charge in [-0.1, -0.05) is 11.6 Å². The van der Waals surface area contributed by atoms with Crippen LogP contribution < -0.4 is 4.90 Å². The quantitative estimate of drug-likeness (QED) is 0.755. The van der Waals surface area contributed by atoms with E-state index in [0.29, 0.717) is 0 Å². The first-order valence-electron chi connectivity index (χ1n) is 8.19. The topological polar surface area (TPSA) is 16.1 Å². The third-order valence-corrected chi connectivity index (χ3v) is 5.10. The Morgan fingerprint density at radius 2 is 1.76 bits per heavy atom. The summed E-state index contributed by atoms with van der Waals surface area (Å²) in [6.45, 7) is 2.36. The van der Waals surface area contributed by atoms with Crippen LogP contribution in [-0.4, -0.2) is 18.1 Å². The molecule has 0 bridgehead atoms. The second-order valence-corrected chi connectivity index (χ2v) is 6.74. The Hall–Kier alpha value is -1.28. The van der Waals surface area contributed by atoms with Crippen LogP contribution in [0.1, 0.15) is 43.4 Å². The highest BCUT2D eigenvalue weighted by molar-refractivity contribution is 6.31. The maximum Gasteiger partial charge on any atom is 0.0727 e. The highest BCUT2D eigenvalue weighted by atomic mass is 35.5. The lowest BCUT2D eigenvalue weighted by atomic mass is 9.91. The highest BCUT2D eigenvalue weighted by Gasteiger charge is 2.23. The van der Waals surface area contributed by atoms with Gasteiger partial charge in [-0.05, 0) is 68.7 Å². The number of fused-ring (bicyclic) bond motifs is 2. The van der Waals surface area contributed by atoms with Gasteiger partial charge in [-0.25, -0.2) is 0 Å². The minimum atomic E-state index is 0.818. The number of hydrogen-bond acceptors (Lipinski definition) is 2. The molecule has 0 atom stereocenters. The van der Waals surface area contributed by atoms with Crippen LogP contribution in [0.2, 0.25) is 5.02 Å². The van der Waals surface area contributed by atoms with Crippen molar-refractivity contribution in [3.63, 3.8) is 0 Å². The normalized spacial score (nSPS) is 18.8. The first kappa shape index (κ1) is 13.4. The Labute approximate surface area is 131 Å². The van der Waals surface area contributed by atoms with Crippen molar-refractivity contribution in [3.05, 3.63) is 34.5 Å². The van der Waals surface area contributed by atoms with Gasteiger partial charge in [0.1, 0.15) is 0 Å². The summed E-state index contributed by atoms with van der Waals surface area (Å²) in [4.78, 5) is 7.52. The van der Waals surface area contributed by atoms with Gasteiger partial charge < -0.3 is 4.90 Å². The molecule has 2 heterocycles. The van der Waals surface area contributed by atoms with E-state index in [2.05, 4.69) is 17.0 Å². The smallest absolute Gasteiger partial charge is 0.0727 e. The summed E-state index contributed by atoms with van der Waals surface area (Å²) >= 11 is 6.27. The lowest BCUT2D eigenvalue weighted by Crippen LogP contribution is -2.31. The molecule has 1 saturated heterocycles. The van der Waals surface area contributed by atoms with E-state index >= 15 is 0 Å². The van der Waals surface area contributed by atoms with Gasteiger partial charge >= 0.3 is 0 Å². The van der Waals surface area contributed by atoms with Gasteiger partial charge in [0, 0.05) is 29.2 Å². The lowest BCUT2D eigenvalue weighted by Gasteiger charge is -2.33. The van der Waals surface area contributed by atoms with Crippen molar-refractivity contribution in [2.24, 2.45) is 0 Å². The molecular weight excluding hydrogens is 280 g/mol. The van der Waals surface area contributed by atoms with Crippen LogP contribution in [0.4, 0.5) is 5.69 Å². The average Bonchev–Trinajstić information content (AvgIpc) is 2.53. The molecular formula is C18H21ClN2. The van der Waals surface area contributed by atoms with E-state index in [4.69, 9.17) is 16.6 Å². The summed E-state index contributed by atoms with van der Waals surface area (Å²) in [6, 6.07) is 6.16. The van der Waals surface area contributed by atoms with Crippen LogP contribution >= 0.6 is 11.6 Å². The van der Waals surface area contributed by atoms with Gasteiger partial charge in [-0.15, -0.1) is 0 Å². The molecule has 1 aromatic heterocycles. The second kappa shape index (κ2) is 5.49. The fraction of sp³-hybridized carbons (Fsp3) is 0.500. The van der Waals surface area contributed by atoms with Crippen molar-refractivity contribution in [1.82, 2.24) is 4.98 Å². The largest absolute Gasteiger partial charge is 0.371 e. The number of piperidine rings is 1. The number of aromatic nitrogens is 1. The molecule has 0 N–H and O–H groups in total. The number of hydrogen-bond donors (Lipinski definition) is 0. The molecule has 2 nitrogen and oxygen atoms in total. The third-order valence-electron chi connectivity index (χ3n) is 4.87. The zero-order chi connectivity index (χ0) is 14.2. The molecule has 1 fully saturated rings. The van der Waals surface area contributed by atoms with Crippen molar-refractivity contribution < 1.29 is 0 Å². The van der Waals surface area contributed by atoms with E-state index in [1.54, 1.807) is 0 Å². The first-order chi connectivity index (χ1) is 10.3. The fourth-order valence-corrected chi connectivity index (χ4v) is 4.02. The summed E-state index contributed by atoms with van der Waals surface area (Å²) in [5, 5.41) is 2.07. The second-order valence-electron chi connectivity index (χ2n) is 6.30. The van der Waals surface area contributed by atoms with Gasteiger partial charge in [-0.3, -0.25) is 4.98 Å². The fourth-order valence-electron chi connectivity index (χ4n) is 3.85. The Morgan fingerprint density at radius 1 is 0.952 bits per heavy atom. The molecule has 0 radical (unpaired) electrons. The standard InChI is InChI=1S/C18H21ClN2/c19-13-8-9-17-15(12-13)18(21-10-4-1-5-11-21)14-6-2-3-7-16(14)20-17/h8-9,12H,1-7,10-11H2. The number of pyridine rings is 1. The molecule has 1 aromatic carbocycles. The molecule has 0 unspecified atom stereocenters. The summed E-state index contributed by atoms with van der Waals surface area (Å²) in [6.07, 6.45) is 8.85. The number of anilines is 1. The molecule has 0 saturated carbocycles. The molecule has 2 aliphatic rings. The molecule has 110 valence electrons. The molecule has 1 aliphatic heterocycles. The minimum absolute atomic E-state index is 0.818. The predicted octanol–water partition coefficient (Wildman–Crippen LogP) is 4.76. The molecule has 0 amide bonds. The predicted molar refractivity (Wildman–Crippen MR) is 89.5 cm³/mol. The van der Waals surface area contributed by atoms with E-state index < -0.39 is 0 Å². The summed E-state index contributed by atoms with van der Waals surface area (Å²) < 4.78 is 0. The third kappa shape index (κ3) is 2.40. The van der Waals surface area contributed by atoms with Crippen LogP contribution in [0.5, 0.6) is 0 Å². The van der Waals surface area contributed by atoms with Gasteiger partial charge in [0.2, 0.25) is 0 Å². The Balaban J connectivity index is 1.96. The van der Waals surface area contributed by atoms with Crippen LogP contribution in [0.25, 0.3) is 10.9 Å². The highest BCUT2D eigenvalue weighted by Crippen LogP contribution is 2.38. The van der Waals surface area contributed by atoms with Gasteiger partial charge in [0.15, 0.2) is 0 Å². The van der Waals surface area contributed by atoms with Crippen LogP contribution in [0, 0.1) is 0 Å². The maximum absolute atomic E-state index is 6.27. The van der Waals surface area contributed by atoms with Crippen molar-refractivity contribution in [2.75, 3.05) is 18.0 Å². The Kier molecular flexibility index (Phi) is 3.50. The maximum atomic E-state index is 6.27. The van der Waals surface area contributed by atoms with Crippen molar-refractivity contribution >= 4 is 28.2 Å². The van der Waals surface area contributed by atoms with E-state index in [0.717, 1.165) is 17.0 Å². The van der Waals surface area contributed by atoms with E-state index in [-0.39, 0.29) is 0 Å². The lowest BCUT2D eigenvalue weighted by molar-refractivity contribution is 0.573. The zero-order valence-electron chi connectivity index (χ0n) is 12.4. The minimum Gasteiger partial charge on any atom is -0.371 e. The number of aryl methyl sites for hydroxylation is 1. The zero-order valence-corrected chi connectivity index (χ0v) is 13.1. The first-order valence-corrected chi connectivity index (χ1v) is 8.57. The molecule has 1 aliphatic carbocycles. The van der Waals surface area contributed by atoms with Gasteiger partial charge in [-0.2, -0.15) is 0 Å². The van der Waals surface area contributed by atoms with Crippen molar-refractivity contribution in [2.45, 2.75) is 44.9 Å². The monoisotopic (exact) mass is 300 g/mol. The van der Waals surface area contributed by atoms with E-state index in [1.165, 1.54) is 73.9 Å². The molecule has 0 spiro atoms. The Bertz CT molecular complexity index is 674. The van der Waals surface area contributed by atoms with Crippen LogP contribution in [-0.2, 0) is 12.8 Å². The molecule has 21 heavy (non-hydrogen) atoms. The molecule has 3 heteroatoms. The average molecular weight is 301 g/mol. The van der Waals surface area contributed by atoms with Crippen LogP contribution in [0.15, 0.2) is 18.2 Å². The SMILES string of the molecule is Clc1ccc2nc3c(c(N4CCCCC4)c2c1)CCCC3. The van der Waals surface area contributed by atoms with Gasteiger partial charge in [0.05, 0.1) is 11.2 Å². The van der Waals surface area contributed by atoms with E-state index in [1.807, 2.05) is 6.07 Å².